The lowest BCUT2D eigenvalue weighted by molar-refractivity contribution is -0.167. The lowest BCUT2D eigenvalue weighted by atomic mass is 10.1. The molecule has 0 saturated carbocycles. The van der Waals surface area contributed by atoms with Gasteiger partial charge in [-0.2, -0.15) is 0 Å². The van der Waals surface area contributed by atoms with Crippen LogP contribution < -0.4 is 0 Å². The van der Waals surface area contributed by atoms with E-state index in [0.29, 0.717) is 12.8 Å². The normalized spacial score (nSPS) is 31.5. The fourth-order valence-electron chi connectivity index (χ4n) is 1.61. The van der Waals surface area contributed by atoms with Crippen molar-refractivity contribution < 1.29 is 9.47 Å². The average molecular weight is 182 g/mol. The average Bonchev–Trinajstić information content (AvgIpc) is 2.29. The number of ether oxygens (including phenoxy) is 2. The molecule has 0 spiro atoms. The Labute approximate surface area is 80.2 Å². The molecule has 0 aliphatic carbocycles. The molecule has 0 N–H and O–H groups in total. The Morgan fingerprint density at radius 3 is 1.77 bits per heavy atom. The molecule has 0 aromatic rings. The van der Waals surface area contributed by atoms with Crippen molar-refractivity contribution in [2.75, 3.05) is 0 Å². The fourth-order valence-corrected chi connectivity index (χ4v) is 1.61. The Hall–Kier alpha value is -0.600. The molecule has 13 heavy (non-hydrogen) atoms. The molecule has 0 aromatic carbocycles. The van der Waals surface area contributed by atoms with Crippen molar-refractivity contribution in [3.8, 4) is 0 Å². The summed E-state index contributed by atoms with van der Waals surface area (Å²) < 4.78 is 11.6. The van der Waals surface area contributed by atoms with Crippen LogP contribution in [0.2, 0.25) is 0 Å². The first-order valence-electron chi connectivity index (χ1n) is 4.71. The topological polar surface area (TPSA) is 18.5 Å². The van der Waals surface area contributed by atoms with E-state index in [0.717, 1.165) is 0 Å². The van der Waals surface area contributed by atoms with Gasteiger partial charge in [-0.3, -0.25) is 0 Å². The molecule has 0 radical (unpaired) electrons. The maximum absolute atomic E-state index is 5.78. The van der Waals surface area contributed by atoms with Crippen molar-refractivity contribution in [1.29, 1.82) is 0 Å². The first kappa shape index (κ1) is 10.5. The minimum Gasteiger partial charge on any atom is -0.344 e. The molecule has 1 rings (SSSR count). The van der Waals surface area contributed by atoms with Crippen LogP contribution in [0.25, 0.3) is 0 Å². The van der Waals surface area contributed by atoms with Gasteiger partial charge in [0.15, 0.2) is 5.79 Å². The molecular formula is C11H18O2. The second-order valence-corrected chi connectivity index (χ2v) is 3.54. The smallest absolute Gasteiger partial charge is 0.176 e. The van der Waals surface area contributed by atoms with Crippen LogP contribution in [0, 0.1) is 0 Å². The molecule has 1 aliphatic rings. The zero-order valence-electron chi connectivity index (χ0n) is 8.45. The van der Waals surface area contributed by atoms with Gasteiger partial charge in [0.1, 0.15) is 0 Å². The van der Waals surface area contributed by atoms with Crippen molar-refractivity contribution >= 4 is 0 Å². The molecule has 1 aliphatic heterocycles. The van der Waals surface area contributed by atoms with Crippen LogP contribution in [0.1, 0.15) is 26.7 Å². The van der Waals surface area contributed by atoms with Crippen LogP contribution in [0.4, 0.5) is 0 Å². The summed E-state index contributed by atoms with van der Waals surface area (Å²) in [4.78, 5) is 0. The van der Waals surface area contributed by atoms with Crippen molar-refractivity contribution in [2.45, 2.75) is 44.7 Å². The fraction of sp³-hybridized carbons (Fsp3) is 0.636. The Kier molecular flexibility index (Phi) is 3.28. The molecule has 1 saturated heterocycles. The Balaban J connectivity index is 2.69. The summed E-state index contributed by atoms with van der Waals surface area (Å²) in [5.41, 5.74) is 0. The predicted molar refractivity (Wildman–Crippen MR) is 53.5 cm³/mol. The van der Waals surface area contributed by atoms with Gasteiger partial charge < -0.3 is 9.47 Å². The summed E-state index contributed by atoms with van der Waals surface area (Å²) in [5, 5.41) is 0. The first-order valence-corrected chi connectivity index (χ1v) is 4.71. The summed E-state index contributed by atoms with van der Waals surface area (Å²) in [7, 11) is 0. The molecule has 0 bridgehead atoms. The highest BCUT2D eigenvalue weighted by molar-refractivity contribution is 4.92. The predicted octanol–water partition coefficient (Wildman–Crippen LogP) is 2.66. The van der Waals surface area contributed by atoms with E-state index in [9.17, 15) is 0 Å². The second kappa shape index (κ2) is 4.07. The van der Waals surface area contributed by atoms with Crippen LogP contribution in [0.15, 0.2) is 25.3 Å². The van der Waals surface area contributed by atoms with E-state index in [2.05, 4.69) is 13.2 Å². The Bertz CT molecular complexity index is 176. The van der Waals surface area contributed by atoms with E-state index in [1.807, 2.05) is 26.0 Å². The van der Waals surface area contributed by atoms with Crippen molar-refractivity contribution in [1.82, 2.24) is 0 Å². The quantitative estimate of drug-likeness (QED) is 0.622. The number of rotatable bonds is 4. The number of hydrogen-bond acceptors (Lipinski definition) is 2. The van der Waals surface area contributed by atoms with Crippen molar-refractivity contribution in [3.63, 3.8) is 0 Å². The second-order valence-electron chi connectivity index (χ2n) is 3.54. The molecule has 1 fully saturated rings. The van der Waals surface area contributed by atoms with Crippen LogP contribution in [0.5, 0.6) is 0 Å². The lowest BCUT2D eigenvalue weighted by Crippen LogP contribution is -2.29. The van der Waals surface area contributed by atoms with E-state index in [-0.39, 0.29) is 12.2 Å². The Morgan fingerprint density at radius 2 is 1.46 bits per heavy atom. The van der Waals surface area contributed by atoms with Gasteiger partial charge in [0.25, 0.3) is 0 Å². The maximum atomic E-state index is 5.78. The van der Waals surface area contributed by atoms with Gasteiger partial charge in [-0.25, -0.2) is 0 Å². The van der Waals surface area contributed by atoms with Gasteiger partial charge in [0, 0.05) is 12.8 Å². The van der Waals surface area contributed by atoms with E-state index >= 15 is 0 Å². The molecule has 2 heteroatoms. The molecule has 0 amide bonds. The van der Waals surface area contributed by atoms with Crippen molar-refractivity contribution in [3.05, 3.63) is 25.3 Å². The van der Waals surface area contributed by atoms with Gasteiger partial charge in [-0.05, 0) is 13.8 Å². The van der Waals surface area contributed by atoms with E-state index < -0.39 is 5.79 Å². The molecule has 2 atom stereocenters. The van der Waals surface area contributed by atoms with Gasteiger partial charge in [0.05, 0.1) is 12.2 Å². The lowest BCUT2D eigenvalue weighted by Gasteiger charge is -2.25. The minimum absolute atomic E-state index is 0.153. The summed E-state index contributed by atoms with van der Waals surface area (Å²) in [6, 6.07) is 0. The van der Waals surface area contributed by atoms with Crippen LogP contribution in [-0.2, 0) is 9.47 Å². The SMILES string of the molecule is C=CCC1(CC=C)O[C@H](C)[C@@H](C)O1. The maximum Gasteiger partial charge on any atom is 0.176 e. The van der Waals surface area contributed by atoms with Crippen LogP contribution in [-0.4, -0.2) is 18.0 Å². The third-order valence-corrected chi connectivity index (χ3v) is 2.37. The van der Waals surface area contributed by atoms with Crippen LogP contribution in [0.3, 0.4) is 0 Å². The molecule has 2 nitrogen and oxygen atoms in total. The molecule has 0 aromatic heterocycles. The van der Waals surface area contributed by atoms with E-state index in [4.69, 9.17) is 9.47 Å². The third kappa shape index (κ3) is 2.20. The van der Waals surface area contributed by atoms with Crippen molar-refractivity contribution in [2.24, 2.45) is 0 Å². The van der Waals surface area contributed by atoms with Gasteiger partial charge >= 0.3 is 0 Å². The molecule has 74 valence electrons. The largest absolute Gasteiger partial charge is 0.344 e. The minimum atomic E-state index is -0.498. The standard InChI is InChI=1S/C11H18O2/c1-5-7-11(8-6-2)12-9(3)10(4)13-11/h5-6,9-10H,1-2,7-8H2,3-4H3/t9-,10-/m1/s1. The zero-order chi connectivity index (χ0) is 9.90. The zero-order valence-corrected chi connectivity index (χ0v) is 8.45. The van der Waals surface area contributed by atoms with E-state index in [1.165, 1.54) is 0 Å². The summed E-state index contributed by atoms with van der Waals surface area (Å²) in [5.74, 6) is -0.498. The highest BCUT2D eigenvalue weighted by atomic mass is 16.8. The first-order chi connectivity index (χ1) is 6.13. The van der Waals surface area contributed by atoms with Gasteiger partial charge in [-0.15, -0.1) is 13.2 Å². The number of hydrogen-bond donors (Lipinski definition) is 0. The molecule has 0 unspecified atom stereocenters. The molecule has 1 heterocycles. The van der Waals surface area contributed by atoms with Crippen LogP contribution >= 0.6 is 0 Å². The highest BCUT2D eigenvalue weighted by Gasteiger charge is 2.41. The molecular weight excluding hydrogens is 164 g/mol. The third-order valence-electron chi connectivity index (χ3n) is 2.37. The van der Waals surface area contributed by atoms with Gasteiger partial charge in [0.2, 0.25) is 0 Å². The summed E-state index contributed by atoms with van der Waals surface area (Å²) in [6.45, 7) is 11.5. The van der Waals surface area contributed by atoms with E-state index in [1.54, 1.807) is 0 Å². The summed E-state index contributed by atoms with van der Waals surface area (Å²) in [6.07, 6.45) is 5.39. The monoisotopic (exact) mass is 182 g/mol. The Morgan fingerprint density at radius 1 is 1.08 bits per heavy atom. The summed E-state index contributed by atoms with van der Waals surface area (Å²) >= 11 is 0. The van der Waals surface area contributed by atoms with Gasteiger partial charge in [-0.1, -0.05) is 12.2 Å². The highest BCUT2D eigenvalue weighted by Crippen LogP contribution is 2.34.